The normalized spacial score (nSPS) is 13.4. The Hall–Kier alpha value is -1.66. The van der Waals surface area contributed by atoms with Crippen molar-refractivity contribution in [2.45, 2.75) is 26.7 Å². The second-order valence-corrected chi connectivity index (χ2v) is 7.20. The number of halogens is 1. The molecule has 1 aromatic carbocycles. The van der Waals surface area contributed by atoms with E-state index in [2.05, 4.69) is 40.3 Å². The summed E-state index contributed by atoms with van der Waals surface area (Å²) in [5, 5.41) is 7.46. The van der Waals surface area contributed by atoms with Gasteiger partial charge in [0.25, 0.3) is 0 Å². The van der Waals surface area contributed by atoms with E-state index in [0.29, 0.717) is 24.6 Å². The minimum atomic E-state index is -0.281. The number of benzene rings is 1. The quantitative estimate of drug-likeness (QED) is 0.633. The number of ether oxygens (including phenoxy) is 1. The lowest BCUT2D eigenvalue weighted by molar-refractivity contribution is -0.145. The largest absolute Gasteiger partial charge is 0.469 e. The highest BCUT2D eigenvalue weighted by atomic mass is 79.9. The molecule has 2 atom stereocenters. The van der Waals surface area contributed by atoms with Crippen molar-refractivity contribution in [3.63, 3.8) is 0 Å². The third-order valence-electron chi connectivity index (χ3n) is 4.26. The number of esters is 1. The molecule has 0 aliphatic carbocycles. The summed E-state index contributed by atoms with van der Waals surface area (Å²) in [5.41, 5.74) is 1.70. The summed E-state index contributed by atoms with van der Waals surface area (Å²) < 4.78 is 11.4. The average Bonchev–Trinajstić information content (AvgIpc) is 3.09. The first-order valence-electron chi connectivity index (χ1n) is 8.53. The van der Waals surface area contributed by atoms with Crippen molar-refractivity contribution in [3.05, 3.63) is 40.5 Å². The van der Waals surface area contributed by atoms with Crippen LogP contribution in [0.15, 0.2) is 39.3 Å². The summed E-state index contributed by atoms with van der Waals surface area (Å²) in [4.78, 5) is 12.1. The van der Waals surface area contributed by atoms with Gasteiger partial charge < -0.3 is 14.6 Å². The molecular weight excluding hydrogens is 384 g/mol. The van der Waals surface area contributed by atoms with Gasteiger partial charge in [0.15, 0.2) is 5.76 Å². The molecule has 0 aliphatic rings. The molecule has 25 heavy (non-hydrogen) atoms. The molecule has 0 aliphatic heterocycles. The van der Waals surface area contributed by atoms with Crippen molar-refractivity contribution in [1.82, 2.24) is 10.5 Å². The Morgan fingerprint density at radius 1 is 1.32 bits per heavy atom. The SMILES string of the molecule is CCC(C)CNCC(Cc1cc(-c2ccc(Br)cc2)on1)C(=O)OC. The van der Waals surface area contributed by atoms with Crippen LogP contribution in [0.1, 0.15) is 26.0 Å². The first kappa shape index (κ1) is 19.7. The van der Waals surface area contributed by atoms with Crippen molar-refractivity contribution < 1.29 is 14.1 Å². The number of hydrogen-bond acceptors (Lipinski definition) is 5. The summed E-state index contributed by atoms with van der Waals surface area (Å²) in [6.45, 7) is 5.79. The number of hydrogen-bond donors (Lipinski definition) is 1. The van der Waals surface area contributed by atoms with E-state index < -0.39 is 0 Å². The van der Waals surface area contributed by atoms with Crippen molar-refractivity contribution in [1.29, 1.82) is 0 Å². The van der Waals surface area contributed by atoms with Gasteiger partial charge in [-0.25, -0.2) is 0 Å². The molecule has 6 heteroatoms. The first-order valence-corrected chi connectivity index (χ1v) is 9.32. The molecule has 0 saturated carbocycles. The number of methoxy groups -OCH3 is 1. The summed E-state index contributed by atoms with van der Waals surface area (Å²) in [5.74, 6) is 0.759. The van der Waals surface area contributed by atoms with Crippen LogP contribution in [0.5, 0.6) is 0 Å². The summed E-state index contributed by atoms with van der Waals surface area (Å²) >= 11 is 3.41. The predicted molar refractivity (Wildman–Crippen MR) is 101 cm³/mol. The molecule has 136 valence electrons. The van der Waals surface area contributed by atoms with Crippen LogP contribution in [0.3, 0.4) is 0 Å². The monoisotopic (exact) mass is 408 g/mol. The smallest absolute Gasteiger partial charge is 0.310 e. The fourth-order valence-corrected chi connectivity index (χ4v) is 2.73. The second kappa shape index (κ2) is 9.73. The molecule has 1 N–H and O–H groups in total. The first-order chi connectivity index (χ1) is 12.0. The van der Waals surface area contributed by atoms with Crippen LogP contribution < -0.4 is 5.32 Å². The molecule has 1 heterocycles. The maximum Gasteiger partial charge on any atom is 0.310 e. The van der Waals surface area contributed by atoms with Gasteiger partial charge in [-0.15, -0.1) is 0 Å². The van der Waals surface area contributed by atoms with Crippen LogP contribution in [0.2, 0.25) is 0 Å². The van der Waals surface area contributed by atoms with Crippen molar-refractivity contribution >= 4 is 21.9 Å². The molecule has 0 fully saturated rings. The zero-order chi connectivity index (χ0) is 18.2. The fourth-order valence-electron chi connectivity index (χ4n) is 2.46. The number of carbonyl (C=O) groups is 1. The standard InChI is InChI=1S/C19H25BrN2O3/c1-4-13(2)11-21-12-15(19(23)24-3)9-17-10-18(25-22-17)14-5-7-16(20)8-6-14/h5-8,10,13,15,21H,4,9,11-12H2,1-3H3. The van der Waals surface area contributed by atoms with Crippen LogP contribution in [-0.2, 0) is 16.0 Å². The van der Waals surface area contributed by atoms with Crippen molar-refractivity contribution in [2.24, 2.45) is 11.8 Å². The average molecular weight is 409 g/mol. The lowest BCUT2D eigenvalue weighted by Crippen LogP contribution is -2.33. The van der Waals surface area contributed by atoms with Gasteiger partial charge in [-0.05, 0) is 24.6 Å². The number of rotatable bonds is 9. The second-order valence-electron chi connectivity index (χ2n) is 6.29. The number of nitrogens with zero attached hydrogens (tertiary/aromatic N) is 1. The van der Waals surface area contributed by atoms with E-state index in [4.69, 9.17) is 9.26 Å². The molecule has 0 amide bonds. The fraction of sp³-hybridized carbons (Fsp3) is 0.474. The Bertz CT molecular complexity index is 670. The minimum absolute atomic E-state index is 0.232. The van der Waals surface area contributed by atoms with Gasteiger partial charge in [-0.3, -0.25) is 4.79 Å². The van der Waals surface area contributed by atoms with Crippen LogP contribution in [-0.4, -0.2) is 31.3 Å². The Morgan fingerprint density at radius 2 is 2.04 bits per heavy atom. The summed E-state index contributed by atoms with van der Waals surface area (Å²) in [7, 11) is 1.42. The van der Waals surface area contributed by atoms with E-state index in [9.17, 15) is 4.79 Å². The zero-order valence-corrected chi connectivity index (χ0v) is 16.5. The van der Waals surface area contributed by atoms with Crippen LogP contribution in [0, 0.1) is 11.8 Å². The van der Waals surface area contributed by atoms with Gasteiger partial charge in [-0.1, -0.05) is 53.5 Å². The van der Waals surface area contributed by atoms with E-state index in [1.807, 2.05) is 30.3 Å². The molecular formula is C19H25BrN2O3. The molecule has 2 aromatic rings. The Kier molecular flexibility index (Phi) is 7.65. The van der Waals surface area contributed by atoms with Gasteiger partial charge in [0.2, 0.25) is 0 Å². The third kappa shape index (κ3) is 5.97. The molecule has 5 nitrogen and oxygen atoms in total. The zero-order valence-electron chi connectivity index (χ0n) is 14.9. The van der Waals surface area contributed by atoms with Crippen LogP contribution >= 0.6 is 15.9 Å². The Labute approximate surface area is 157 Å². The van der Waals surface area contributed by atoms with Crippen LogP contribution in [0.25, 0.3) is 11.3 Å². The summed E-state index contributed by atoms with van der Waals surface area (Å²) in [6, 6.07) is 9.70. The maximum atomic E-state index is 12.1. The number of carbonyl (C=O) groups excluding carboxylic acids is 1. The Morgan fingerprint density at radius 3 is 2.68 bits per heavy atom. The highest BCUT2D eigenvalue weighted by molar-refractivity contribution is 9.10. The van der Waals surface area contributed by atoms with E-state index in [-0.39, 0.29) is 11.9 Å². The van der Waals surface area contributed by atoms with E-state index >= 15 is 0 Å². The van der Waals surface area contributed by atoms with E-state index in [1.165, 1.54) is 7.11 Å². The molecule has 0 bridgehead atoms. The van der Waals surface area contributed by atoms with Crippen molar-refractivity contribution in [2.75, 3.05) is 20.2 Å². The van der Waals surface area contributed by atoms with Crippen molar-refractivity contribution in [3.8, 4) is 11.3 Å². The molecule has 2 unspecified atom stereocenters. The van der Waals surface area contributed by atoms with Gasteiger partial charge in [0.1, 0.15) is 0 Å². The van der Waals surface area contributed by atoms with Crippen LogP contribution in [0.4, 0.5) is 0 Å². The van der Waals surface area contributed by atoms with Gasteiger partial charge in [-0.2, -0.15) is 0 Å². The Balaban J connectivity index is 2.00. The molecule has 0 saturated heterocycles. The summed E-state index contributed by atoms with van der Waals surface area (Å²) in [6.07, 6.45) is 1.59. The number of nitrogens with one attached hydrogen (secondary N) is 1. The van der Waals surface area contributed by atoms with E-state index in [1.54, 1.807) is 0 Å². The molecule has 0 radical (unpaired) electrons. The lowest BCUT2D eigenvalue weighted by atomic mass is 10.0. The highest BCUT2D eigenvalue weighted by Crippen LogP contribution is 2.23. The lowest BCUT2D eigenvalue weighted by Gasteiger charge is -2.16. The third-order valence-corrected chi connectivity index (χ3v) is 4.79. The van der Waals surface area contributed by atoms with Gasteiger partial charge in [0, 0.05) is 29.1 Å². The molecule has 0 spiro atoms. The highest BCUT2D eigenvalue weighted by Gasteiger charge is 2.22. The number of aromatic nitrogens is 1. The molecule has 1 aromatic heterocycles. The van der Waals surface area contributed by atoms with Gasteiger partial charge >= 0.3 is 5.97 Å². The maximum absolute atomic E-state index is 12.1. The predicted octanol–water partition coefficient (Wildman–Crippen LogP) is 4.07. The minimum Gasteiger partial charge on any atom is -0.469 e. The topological polar surface area (TPSA) is 64.4 Å². The van der Waals surface area contributed by atoms with E-state index in [0.717, 1.165) is 28.7 Å². The molecule has 2 rings (SSSR count). The van der Waals surface area contributed by atoms with Gasteiger partial charge in [0.05, 0.1) is 18.7 Å².